The lowest BCUT2D eigenvalue weighted by Crippen LogP contribution is -2.07. The molecule has 2 aromatic carbocycles. The van der Waals surface area contributed by atoms with Crippen LogP contribution in [0.3, 0.4) is 0 Å². The summed E-state index contributed by atoms with van der Waals surface area (Å²) in [6.45, 7) is 6.12. The minimum atomic E-state index is -6.00. The average Bonchev–Trinajstić information content (AvgIpc) is 2.52. The third kappa shape index (κ3) is 6.13. The van der Waals surface area contributed by atoms with E-state index < -0.39 is 7.25 Å². The molecule has 0 bridgehead atoms. The van der Waals surface area contributed by atoms with E-state index in [1.165, 1.54) is 6.07 Å². The SMILES string of the molecule is CCOc1cc(O)c(C(=O)c2ccccc2)c(C)c1C.F[B-](F)(F)F. The summed E-state index contributed by atoms with van der Waals surface area (Å²) in [5.41, 5.74) is 2.54. The number of rotatable bonds is 4. The molecule has 0 saturated carbocycles. The monoisotopic (exact) mass is 357 g/mol. The van der Waals surface area contributed by atoms with Crippen molar-refractivity contribution in [3.8, 4) is 11.5 Å². The number of hydrogen-bond donors (Lipinski definition) is 1. The van der Waals surface area contributed by atoms with Gasteiger partial charge < -0.3 is 27.1 Å². The molecular formula is C17H18BF4O3-. The second kappa shape index (κ2) is 8.55. The van der Waals surface area contributed by atoms with E-state index in [0.29, 0.717) is 23.5 Å². The molecule has 0 spiro atoms. The number of phenols is 1. The smallest absolute Gasteiger partial charge is 0.507 e. The number of carbonyl (C=O) groups excluding carboxylic acids is 1. The first kappa shape index (κ1) is 20.5. The van der Waals surface area contributed by atoms with Gasteiger partial charge in [0.05, 0.1) is 12.2 Å². The Kier molecular flexibility index (Phi) is 7.02. The van der Waals surface area contributed by atoms with Gasteiger partial charge in [0.15, 0.2) is 5.78 Å². The van der Waals surface area contributed by atoms with Crippen LogP contribution in [0.2, 0.25) is 0 Å². The highest BCUT2D eigenvalue weighted by molar-refractivity contribution is 6.50. The van der Waals surface area contributed by atoms with Gasteiger partial charge in [-0.3, -0.25) is 4.79 Å². The summed E-state index contributed by atoms with van der Waals surface area (Å²) in [6.07, 6.45) is 0. The molecule has 0 fully saturated rings. The van der Waals surface area contributed by atoms with Crippen molar-refractivity contribution in [3.05, 3.63) is 58.7 Å². The van der Waals surface area contributed by atoms with Crippen molar-refractivity contribution in [2.45, 2.75) is 20.8 Å². The number of aromatic hydroxyl groups is 1. The van der Waals surface area contributed by atoms with Gasteiger partial charge in [-0.1, -0.05) is 30.3 Å². The van der Waals surface area contributed by atoms with Crippen molar-refractivity contribution >= 4 is 13.0 Å². The van der Waals surface area contributed by atoms with Crippen LogP contribution in [0, 0.1) is 13.8 Å². The van der Waals surface area contributed by atoms with Gasteiger partial charge in [0.2, 0.25) is 0 Å². The molecule has 136 valence electrons. The maximum Gasteiger partial charge on any atom is 0.673 e. The fraction of sp³-hybridized carbons (Fsp3) is 0.235. The maximum atomic E-state index is 12.5. The zero-order chi connectivity index (χ0) is 19.2. The van der Waals surface area contributed by atoms with Gasteiger partial charge in [-0.2, -0.15) is 0 Å². The zero-order valence-corrected chi connectivity index (χ0v) is 14.0. The summed E-state index contributed by atoms with van der Waals surface area (Å²) in [6, 6.07) is 10.5. The summed E-state index contributed by atoms with van der Waals surface area (Å²) in [5.74, 6) is 0.407. The van der Waals surface area contributed by atoms with E-state index in [4.69, 9.17) is 4.74 Å². The van der Waals surface area contributed by atoms with E-state index in [0.717, 1.165) is 11.1 Å². The first-order chi connectivity index (χ1) is 11.6. The van der Waals surface area contributed by atoms with Crippen LogP contribution in [0.5, 0.6) is 11.5 Å². The number of phenolic OH excluding ortho intramolecular Hbond substituents is 1. The lowest BCUT2D eigenvalue weighted by atomic mass is 9.94. The molecule has 0 aromatic heterocycles. The van der Waals surface area contributed by atoms with E-state index in [1.807, 2.05) is 26.8 Å². The summed E-state index contributed by atoms with van der Waals surface area (Å²) < 4.78 is 44.5. The number of ether oxygens (including phenoxy) is 1. The average molecular weight is 357 g/mol. The molecule has 25 heavy (non-hydrogen) atoms. The van der Waals surface area contributed by atoms with E-state index in [1.54, 1.807) is 24.3 Å². The first-order valence-corrected chi connectivity index (χ1v) is 7.49. The van der Waals surface area contributed by atoms with Crippen LogP contribution >= 0.6 is 0 Å². The van der Waals surface area contributed by atoms with Crippen molar-refractivity contribution < 1.29 is 31.9 Å². The highest BCUT2D eigenvalue weighted by atomic mass is 19.5. The summed E-state index contributed by atoms with van der Waals surface area (Å²) in [5, 5.41) is 10.2. The van der Waals surface area contributed by atoms with Crippen LogP contribution in [0.4, 0.5) is 17.3 Å². The molecule has 8 heteroatoms. The topological polar surface area (TPSA) is 46.5 Å². The quantitative estimate of drug-likeness (QED) is 0.479. The minimum Gasteiger partial charge on any atom is -0.507 e. The molecule has 2 aromatic rings. The van der Waals surface area contributed by atoms with Gasteiger partial charge >= 0.3 is 7.25 Å². The molecule has 0 atom stereocenters. The van der Waals surface area contributed by atoms with Crippen molar-refractivity contribution in [2.75, 3.05) is 6.61 Å². The van der Waals surface area contributed by atoms with Gasteiger partial charge in [0.1, 0.15) is 11.5 Å². The Morgan fingerprint density at radius 1 is 1.08 bits per heavy atom. The normalized spacial score (nSPS) is 10.7. The fourth-order valence-corrected chi connectivity index (χ4v) is 2.19. The predicted octanol–water partition coefficient (Wildman–Crippen LogP) is 4.94. The Hall–Kier alpha value is -2.51. The number of ketones is 1. The highest BCUT2D eigenvalue weighted by Gasteiger charge is 2.21. The molecule has 2 rings (SSSR count). The van der Waals surface area contributed by atoms with Gasteiger partial charge in [0, 0.05) is 11.6 Å². The third-order valence-electron chi connectivity index (χ3n) is 3.39. The summed E-state index contributed by atoms with van der Waals surface area (Å²) in [7, 11) is -6.00. The Labute approximate surface area is 143 Å². The van der Waals surface area contributed by atoms with Crippen LogP contribution in [0.15, 0.2) is 36.4 Å². The molecular weight excluding hydrogens is 339 g/mol. The zero-order valence-electron chi connectivity index (χ0n) is 14.0. The number of hydrogen-bond acceptors (Lipinski definition) is 3. The number of benzene rings is 2. The summed E-state index contributed by atoms with van der Waals surface area (Å²) >= 11 is 0. The van der Waals surface area contributed by atoms with E-state index >= 15 is 0 Å². The molecule has 0 aliphatic heterocycles. The predicted molar refractivity (Wildman–Crippen MR) is 88.8 cm³/mol. The number of carbonyl (C=O) groups is 1. The van der Waals surface area contributed by atoms with E-state index in [2.05, 4.69) is 0 Å². The van der Waals surface area contributed by atoms with Gasteiger partial charge in [-0.05, 0) is 31.9 Å². The Bertz CT molecular complexity index is 725. The Balaban J connectivity index is 0.000000550. The summed E-state index contributed by atoms with van der Waals surface area (Å²) in [4.78, 5) is 12.5. The Morgan fingerprint density at radius 2 is 1.60 bits per heavy atom. The molecule has 1 N–H and O–H groups in total. The van der Waals surface area contributed by atoms with Crippen molar-refractivity contribution in [1.29, 1.82) is 0 Å². The molecule has 0 amide bonds. The number of halogens is 4. The van der Waals surface area contributed by atoms with Crippen molar-refractivity contribution in [1.82, 2.24) is 0 Å². The van der Waals surface area contributed by atoms with Crippen LogP contribution < -0.4 is 4.74 Å². The maximum absolute atomic E-state index is 12.5. The van der Waals surface area contributed by atoms with Crippen LogP contribution in [0.25, 0.3) is 0 Å². The lowest BCUT2D eigenvalue weighted by Gasteiger charge is -2.15. The van der Waals surface area contributed by atoms with Crippen molar-refractivity contribution in [2.24, 2.45) is 0 Å². The third-order valence-corrected chi connectivity index (χ3v) is 3.39. The molecule has 0 aliphatic rings. The second-order valence-corrected chi connectivity index (χ2v) is 5.14. The van der Waals surface area contributed by atoms with Crippen LogP contribution in [-0.2, 0) is 0 Å². The second-order valence-electron chi connectivity index (χ2n) is 5.14. The van der Waals surface area contributed by atoms with Crippen LogP contribution in [0.1, 0.15) is 34.0 Å². The van der Waals surface area contributed by atoms with Crippen LogP contribution in [-0.4, -0.2) is 24.8 Å². The highest BCUT2D eigenvalue weighted by Crippen LogP contribution is 2.33. The Morgan fingerprint density at radius 3 is 2.08 bits per heavy atom. The molecule has 0 radical (unpaired) electrons. The molecule has 3 nitrogen and oxygen atoms in total. The van der Waals surface area contributed by atoms with Gasteiger partial charge in [-0.25, -0.2) is 0 Å². The largest absolute Gasteiger partial charge is 0.673 e. The fourth-order valence-electron chi connectivity index (χ4n) is 2.19. The standard InChI is InChI=1S/C17H18O3.BF4/c1-4-20-15-10-14(18)16(12(3)11(15)2)17(19)13-8-6-5-7-9-13;2-1(3,4)5/h5-10,18H,4H2,1-3H3;/q;-1. The minimum absolute atomic E-state index is 0.0367. The van der Waals surface area contributed by atoms with Crippen molar-refractivity contribution in [3.63, 3.8) is 0 Å². The molecule has 0 heterocycles. The van der Waals surface area contributed by atoms with Gasteiger partial charge in [-0.15, -0.1) is 0 Å². The lowest BCUT2D eigenvalue weighted by molar-refractivity contribution is 0.103. The first-order valence-electron chi connectivity index (χ1n) is 7.49. The molecule has 0 unspecified atom stereocenters. The van der Waals surface area contributed by atoms with Gasteiger partial charge in [0.25, 0.3) is 0 Å². The molecule has 0 aliphatic carbocycles. The van der Waals surface area contributed by atoms with E-state index in [9.17, 15) is 27.2 Å². The van der Waals surface area contributed by atoms with E-state index in [-0.39, 0.29) is 11.5 Å². The molecule has 0 saturated heterocycles.